The Kier molecular flexibility index (Phi) is 3.78. The van der Waals surface area contributed by atoms with Crippen molar-refractivity contribution >= 4 is 27.5 Å². The summed E-state index contributed by atoms with van der Waals surface area (Å²) in [5.41, 5.74) is 0. The van der Waals surface area contributed by atoms with E-state index < -0.39 is 12.1 Å². The van der Waals surface area contributed by atoms with Gasteiger partial charge in [0.1, 0.15) is 0 Å². The Hall–Kier alpha value is -0.0400. The molecule has 0 radical (unpaired) electrons. The lowest BCUT2D eigenvalue weighted by Crippen LogP contribution is -2.42. The van der Waals surface area contributed by atoms with Crippen molar-refractivity contribution < 1.29 is 18.0 Å². The fourth-order valence-corrected chi connectivity index (χ4v) is 2.89. The van der Waals surface area contributed by atoms with Crippen LogP contribution >= 0.6 is 21.6 Å². The van der Waals surface area contributed by atoms with Gasteiger partial charge in [-0.3, -0.25) is 4.79 Å². The van der Waals surface area contributed by atoms with Gasteiger partial charge in [0.2, 0.25) is 0 Å². The molecule has 1 fully saturated rings. The fraction of sp³-hybridized carbons (Fsp3) is 0.833. The lowest BCUT2D eigenvalue weighted by molar-refractivity contribution is -0.184. The van der Waals surface area contributed by atoms with Gasteiger partial charge in [-0.1, -0.05) is 21.6 Å². The van der Waals surface area contributed by atoms with E-state index in [1.165, 1.54) is 21.6 Å². The highest BCUT2D eigenvalue weighted by molar-refractivity contribution is 8.76. The summed E-state index contributed by atoms with van der Waals surface area (Å²) in [4.78, 5) is 11.6. The van der Waals surface area contributed by atoms with E-state index in [1.807, 2.05) is 0 Å². The van der Waals surface area contributed by atoms with Crippen molar-refractivity contribution in [3.05, 3.63) is 0 Å². The van der Waals surface area contributed by atoms with Crippen LogP contribution in [0.3, 0.4) is 0 Å². The molecule has 0 atom stereocenters. The first kappa shape index (κ1) is 11.0. The number of nitrogens with zero attached hydrogens (tertiary/aromatic N) is 1. The Morgan fingerprint density at radius 2 is 1.62 bits per heavy atom. The van der Waals surface area contributed by atoms with Crippen molar-refractivity contribution in [1.82, 2.24) is 4.90 Å². The van der Waals surface area contributed by atoms with E-state index >= 15 is 0 Å². The van der Waals surface area contributed by atoms with Crippen LogP contribution in [0.1, 0.15) is 0 Å². The highest BCUT2D eigenvalue weighted by Gasteiger charge is 2.42. The highest BCUT2D eigenvalue weighted by atomic mass is 33.1. The predicted molar refractivity (Wildman–Crippen MR) is 47.6 cm³/mol. The Morgan fingerprint density at radius 1 is 1.15 bits per heavy atom. The van der Waals surface area contributed by atoms with Crippen LogP contribution in [0, 0.1) is 0 Å². The van der Waals surface area contributed by atoms with Crippen molar-refractivity contribution in [2.45, 2.75) is 6.18 Å². The number of alkyl halides is 3. The summed E-state index contributed by atoms with van der Waals surface area (Å²) in [6, 6.07) is 0. The van der Waals surface area contributed by atoms with Gasteiger partial charge < -0.3 is 4.90 Å². The van der Waals surface area contributed by atoms with Crippen LogP contribution in [0.25, 0.3) is 0 Å². The molecular formula is C6H8F3NOS2. The van der Waals surface area contributed by atoms with E-state index in [2.05, 4.69) is 0 Å². The molecule has 76 valence electrons. The number of carbonyl (C=O) groups excluding carboxylic acids is 1. The average molecular weight is 231 g/mol. The van der Waals surface area contributed by atoms with Crippen molar-refractivity contribution in [2.24, 2.45) is 0 Å². The van der Waals surface area contributed by atoms with Crippen molar-refractivity contribution in [2.75, 3.05) is 24.6 Å². The standard InChI is InChI=1S/C6H8F3NOS2/c7-6(8,9)5(11)10-1-3-12-13-4-2-10/h1-4H2. The number of rotatable bonds is 0. The second kappa shape index (κ2) is 4.45. The van der Waals surface area contributed by atoms with Crippen molar-refractivity contribution in [3.63, 3.8) is 0 Å². The van der Waals surface area contributed by atoms with Crippen molar-refractivity contribution in [1.29, 1.82) is 0 Å². The topological polar surface area (TPSA) is 20.3 Å². The van der Waals surface area contributed by atoms with Crippen LogP contribution in [-0.4, -0.2) is 41.6 Å². The molecule has 7 heteroatoms. The van der Waals surface area contributed by atoms with Crippen molar-refractivity contribution in [3.8, 4) is 0 Å². The minimum atomic E-state index is -4.72. The van der Waals surface area contributed by atoms with Gasteiger partial charge in [0.05, 0.1) is 0 Å². The molecule has 1 aliphatic heterocycles. The van der Waals surface area contributed by atoms with Gasteiger partial charge in [-0.15, -0.1) is 0 Å². The number of amides is 1. The van der Waals surface area contributed by atoms with Crippen LogP contribution < -0.4 is 0 Å². The monoisotopic (exact) mass is 231 g/mol. The molecule has 0 N–H and O–H groups in total. The van der Waals surface area contributed by atoms with Gasteiger partial charge in [-0.05, 0) is 0 Å². The molecule has 0 saturated carbocycles. The van der Waals surface area contributed by atoms with E-state index in [1.54, 1.807) is 0 Å². The van der Waals surface area contributed by atoms with Gasteiger partial charge in [-0.2, -0.15) is 13.2 Å². The summed E-state index contributed by atoms with van der Waals surface area (Å²) in [5, 5.41) is 0. The fourth-order valence-electron chi connectivity index (χ4n) is 0.907. The van der Waals surface area contributed by atoms with Crippen LogP contribution in [0.4, 0.5) is 13.2 Å². The third kappa shape index (κ3) is 3.30. The smallest absolute Gasteiger partial charge is 0.333 e. The van der Waals surface area contributed by atoms with E-state index in [0.717, 1.165) is 4.90 Å². The first-order valence-corrected chi connectivity index (χ1v) is 6.11. The van der Waals surface area contributed by atoms with Crippen LogP contribution in [0.15, 0.2) is 0 Å². The first-order valence-electron chi connectivity index (χ1n) is 3.62. The second-order valence-electron chi connectivity index (χ2n) is 2.43. The zero-order valence-electron chi connectivity index (χ0n) is 6.63. The maximum atomic E-state index is 12.0. The van der Waals surface area contributed by atoms with Crippen LogP contribution in [-0.2, 0) is 4.79 Å². The molecular weight excluding hydrogens is 223 g/mol. The summed E-state index contributed by atoms with van der Waals surface area (Å²) in [7, 11) is 3.01. The Morgan fingerprint density at radius 3 is 2.00 bits per heavy atom. The minimum absolute atomic E-state index is 0.190. The molecule has 0 spiro atoms. The molecule has 0 bridgehead atoms. The normalized spacial score (nSPS) is 19.8. The molecule has 0 aromatic carbocycles. The summed E-state index contributed by atoms with van der Waals surface area (Å²) in [5.74, 6) is -0.588. The maximum absolute atomic E-state index is 12.0. The summed E-state index contributed by atoms with van der Waals surface area (Å²) in [6.07, 6.45) is -4.72. The summed E-state index contributed by atoms with van der Waals surface area (Å²) >= 11 is 0. The molecule has 2 nitrogen and oxygen atoms in total. The number of halogens is 3. The predicted octanol–water partition coefficient (Wildman–Crippen LogP) is 1.77. The quantitative estimate of drug-likeness (QED) is 0.593. The SMILES string of the molecule is O=C(N1CCSSCC1)C(F)(F)F. The van der Waals surface area contributed by atoms with Gasteiger partial charge >= 0.3 is 12.1 Å². The van der Waals surface area contributed by atoms with Crippen LogP contribution in [0.2, 0.25) is 0 Å². The molecule has 0 aromatic heterocycles. The molecule has 0 aliphatic carbocycles. The molecule has 1 aliphatic rings. The molecule has 0 aromatic rings. The van der Waals surface area contributed by atoms with Gasteiger partial charge in [0.15, 0.2) is 0 Å². The second-order valence-corrected chi connectivity index (χ2v) is 5.14. The number of hydrogen-bond acceptors (Lipinski definition) is 3. The molecule has 1 rings (SSSR count). The third-order valence-corrected chi connectivity index (χ3v) is 3.87. The molecule has 1 saturated heterocycles. The van der Waals surface area contributed by atoms with E-state index in [-0.39, 0.29) is 13.1 Å². The van der Waals surface area contributed by atoms with E-state index in [4.69, 9.17) is 0 Å². The number of carbonyl (C=O) groups is 1. The first-order chi connectivity index (χ1) is 6.02. The molecule has 13 heavy (non-hydrogen) atoms. The lowest BCUT2D eigenvalue weighted by Gasteiger charge is -2.20. The Balaban J connectivity index is 2.54. The van der Waals surface area contributed by atoms with Gasteiger partial charge in [0, 0.05) is 24.6 Å². The molecule has 1 amide bonds. The highest BCUT2D eigenvalue weighted by Crippen LogP contribution is 2.26. The van der Waals surface area contributed by atoms with Gasteiger partial charge in [-0.25, -0.2) is 0 Å². The maximum Gasteiger partial charge on any atom is 0.471 e. The summed E-state index contributed by atoms with van der Waals surface area (Å²) in [6.45, 7) is 0.381. The largest absolute Gasteiger partial charge is 0.471 e. The van der Waals surface area contributed by atoms with E-state index in [9.17, 15) is 18.0 Å². The zero-order chi connectivity index (χ0) is 9.90. The molecule has 0 unspecified atom stereocenters. The average Bonchev–Trinajstić information content (AvgIpc) is 2.28. The Labute approximate surface area is 81.6 Å². The molecule has 1 heterocycles. The lowest BCUT2D eigenvalue weighted by atomic mass is 10.4. The third-order valence-electron chi connectivity index (χ3n) is 1.50. The van der Waals surface area contributed by atoms with Crippen LogP contribution in [0.5, 0.6) is 0 Å². The number of hydrogen-bond donors (Lipinski definition) is 0. The zero-order valence-corrected chi connectivity index (χ0v) is 8.27. The Bertz CT molecular complexity index is 189. The minimum Gasteiger partial charge on any atom is -0.333 e. The summed E-state index contributed by atoms with van der Waals surface area (Å²) < 4.78 is 35.9. The van der Waals surface area contributed by atoms with E-state index in [0.29, 0.717) is 11.5 Å². The van der Waals surface area contributed by atoms with Gasteiger partial charge in [0.25, 0.3) is 0 Å².